The van der Waals surface area contributed by atoms with E-state index in [9.17, 15) is 0 Å². The molecule has 1 aliphatic rings. The molecule has 1 saturated heterocycles. The number of nitrogens with two attached hydrogens (primary N) is 1. The van der Waals surface area contributed by atoms with Crippen molar-refractivity contribution >= 4 is 17.3 Å². The molecule has 4 heteroatoms. The molecule has 0 spiro atoms. The minimum absolute atomic E-state index is 0.371. The highest BCUT2D eigenvalue weighted by Gasteiger charge is 2.12. The molecule has 0 bridgehead atoms. The van der Waals surface area contributed by atoms with E-state index < -0.39 is 0 Å². The largest absolute Gasteiger partial charge is 0.376 e. The number of thiocarbonyl (C=S) groups is 1. The highest BCUT2D eigenvalue weighted by molar-refractivity contribution is 7.80. The first-order valence-corrected chi connectivity index (χ1v) is 5.37. The summed E-state index contributed by atoms with van der Waals surface area (Å²) in [5.41, 5.74) is 5.40. The molecule has 76 valence electrons. The molecule has 1 rings (SSSR count). The van der Waals surface area contributed by atoms with Gasteiger partial charge in [0.2, 0.25) is 0 Å². The molecule has 1 heterocycles. The zero-order chi connectivity index (χ0) is 9.68. The number of rotatable bonds is 3. The molecule has 0 aromatic heterocycles. The van der Waals surface area contributed by atoms with Crippen molar-refractivity contribution in [2.75, 3.05) is 19.6 Å². The normalized spacial score (nSPS) is 21.0. The van der Waals surface area contributed by atoms with E-state index >= 15 is 0 Å². The van der Waals surface area contributed by atoms with Gasteiger partial charge in [-0.3, -0.25) is 0 Å². The molecule has 0 saturated carbocycles. The van der Waals surface area contributed by atoms with E-state index in [0.29, 0.717) is 11.2 Å². The minimum Gasteiger partial charge on any atom is -0.376 e. The van der Waals surface area contributed by atoms with Gasteiger partial charge in [0, 0.05) is 12.6 Å². The molecule has 0 aromatic carbocycles. The van der Waals surface area contributed by atoms with E-state index in [2.05, 4.69) is 17.1 Å². The molecule has 13 heavy (non-hydrogen) atoms. The Kier molecular flexibility index (Phi) is 4.45. The van der Waals surface area contributed by atoms with Gasteiger partial charge in [-0.1, -0.05) is 6.42 Å². The zero-order valence-electron chi connectivity index (χ0n) is 8.25. The van der Waals surface area contributed by atoms with Crippen molar-refractivity contribution in [1.29, 1.82) is 0 Å². The Labute approximate surface area is 85.7 Å². The maximum atomic E-state index is 5.40. The molecular weight excluding hydrogens is 182 g/mol. The van der Waals surface area contributed by atoms with Crippen LogP contribution in [0.3, 0.4) is 0 Å². The summed E-state index contributed by atoms with van der Waals surface area (Å²) < 4.78 is 0. The standard InChI is InChI=1S/C9H19N3S/c1-8(11-9(10)13)7-12-5-3-2-4-6-12/h8H,2-7H2,1H3,(H3,10,11,13). The van der Waals surface area contributed by atoms with Gasteiger partial charge in [-0.15, -0.1) is 0 Å². The second-order valence-electron chi connectivity index (χ2n) is 3.77. The van der Waals surface area contributed by atoms with Crippen molar-refractivity contribution < 1.29 is 0 Å². The first kappa shape index (κ1) is 10.7. The van der Waals surface area contributed by atoms with E-state index in [4.69, 9.17) is 18.0 Å². The highest BCUT2D eigenvalue weighted by atomic mass is 32.1. The third kappa shape index (κ3) is 4.43. The van der Waals surface area contributed by atoms with Crippen LogP contribution in [0.5, 0.6) is 0 Å². The topological polar surface area (TPSA) is 41.3 Å². The van der Waals surface area contributed by atoms with Gasteiger partial charge in [0.1, 0.15) is 0 Å². The number of nitrogens with zero attached hydrogens (tertiary/aromatic N) is 1. The van der Waals surface area contributed by atoms with Crippen LogP contribution in [-0.2, 0) is 0 Å². The number of nitrogens with one attached hydrogen (secondary N) is 1. The SMILES string of the molecule is CC(CN1CCCCC1)NC(N)=S. The van der Waals surface area contributed by atoms with Gasteiger partial charge in [0.15, 0.2) is 5.11 Å². The summed E-state index contributed by atoms with van der Waals surface area (Å²) in [6.07, 6.45) is 4.05. The van der Waals surface area contributed by atoms with Crippen LogP contribution >= 0.6 is 12.2 Å². The van der Waals surface area contributed by atoms with E-state index in [1.807, 2.05) is 0 Å². The van der Waals surface area contributed by atoms with E-state index in [0.717, 1.165) is 6.54 Å². The molecule has 0 radical (unpaired) electrons. The van der Waals surface area contributed by atoms with Crippen molar-refractivity contribution in [1.82, 2.24) is 10.2 Å². The van der Waals surface area contributed by atoms with Crippen LogP contribution in [0.2, 0.25) is 0 Å². The molecule has 3 nitrogen and oxygen atoms in total. The third-order valence-electron chi connectivity index (χ3n) is 2.37. The third-order valence-corrected chi connectivity index (χ3v) is 2.49. The summed E-state index contributed by atoms with van der Waals surface area (Å²) in [6.45, 7) is 5.62. The van der Waals surface area contributed by atoms with Crippen molar-refractivity contribution in [2.24, 2.45) is 5.73 Å². The molecule has 0 aromatic rings. The Morgan fingerprint density at radius 3 is 2.62 bits per heavy atom. The Bertz CT molecular complexity index is 166. The van der Waals surface area contributed by atoms with Gasteiger partial charge in [-0.05, 0) is 45.1 Å². The van der Waals surface area contributed by atoms with Crippen LogP contribution in [0, 0.1) is 0 Å². The van der Waals surface area contributed by atoms with Gasteiger partial charge in [0.25, 0.3) is 0 Å². The minimum atomic E-state index is 0.371. The lowest BCUT2D eigenvalue weighted by Gasteiger charge is -2.29. The Morgan fingerprint density at radius 2 is 2.08 bits per heavy atom. The predicted molar refractivity (Wildman–Crippen MR) is 59.7 cm³/mol. The summed E-state index contributed by atoms with van der Waals surface area (Å²) in [6, 6.07) is 0.371. The first-order chi connectivity index (χ1) is 6.18. The fourth-order valence-corrected chi connectivity index (χ4v) is 2.02. The second-order valence-corrected chi connectivity index (χ2v) is 4.21. The van der Waals surface area contributed by atoms with E-state index in [1.165, 1.54) is 32.4 Å². The molecule has 1 aliphatic heterocycles. The predicted octanol–water partition coefficient (Wildman–Crippen LogP) is 0.694. The highest BCUT2D eigenvalue weighted by Crippen LogP contribution is 2.08. The molecule has 1 unspecified atom stereocenters. The number of hydrogen-bond acceptors (Lipinski definition) is 2. The monoisotopic (exact) mass is 201 g/mol. The van der Waals surface area contributed by atoms with Crippen molar-refractivity contribution in [3.05, 3.63) is 0 Å². The average Bonchev–Trinajstić information content (AvgIpc) is 2.04. The second kappa shape index (κ2) is 5.40. The summed E-state index contributed by atoms with van der Waals surface area (Å²) in [5.74, 6) is 0. The number of piperidine rings is 1. The fourth-order valence-electron chi connectivity index (χ4n) is 1.82. The zero-order valence-corrected chi connectivity index (χ0v) is 9.07. The van der Waals surface area contributed by atoms with Gasteiger partial charge in [0.05, 0.1) is 0 Å². The lowest BCUT2D eigenvalue weighted by Crippen LogP contribution is -2.45. The summed E-state index contributed by atoms with van der Waals surface area (Å²) >= 11 is 4.79. The molecule has 1 fully saturated rings. The smallest absolute Gasteiger partial charge is 0.163 e. The summed E-state index contributed by atoms with van der Waals surface area (Å²) in [5, 5.41) is 3.46. The van der Waals surface area contributed by atoms with Crippen molar-refractivity contribution in [3.63, 3.8) is 0 Å². The van der Waals surface area contributed by atoms with Gasteiger partial charge in [-0.2, -0.15) is 0 Å². The van der Waals surface area contributed by atoms with Crippen molar-refractivity contribution in [3.8, 4) is 0 Å². The van der Waals surface area contributed by atoms with E-state index in [1.54, 1.807) is 0 Å². The maximum Gasteiger partial charge on any atom is 0.163 e. The quantitative estimate of drug-likeness (QED) is 0.659. The Morgan fingerprint density at radius 1 is 1.46 bits per heavy atom. The molecule has 0 amide bonds. The fraction of sp³-hybridized carbons (Fsp3) is 0.889. The van der Waals surface area contributed by atoms with Crippen LogP contribution in [0.1, 0.15) is 26.2 Å². The summed E-state index contributed by atoms with van der Waals surface area (Å²) in [7, 11) is 0. The first-order valence-electron chi connectivity index (χ1n) is 4.97. The van der Waals surface area contributed by atoms with Crippen LogP contribution in [0.25, 0.3) is 0 Å². The van der Waals surface area contributed by atoms with Gasteiger partial charge in [-0.25, -0.2) is 0 Å². The van der Waals surface area contributed by atoms with Crippen LogP contribution in [0.4, 0.5) is 0 Å². The molecule has 3 N–H and O–H groups in total. The van der Waals surface area contributed by atoms with Crippen molar-refractivity contribution in [2.45, 2.75) is 32.2 Å². The Hall–Kier alpha value is -0.350. The van der Waals surface area contributed by atoms with Crippen LogP contribution in [0.15, 0.2) is 0 Å². The van der Waals surface area contributed by atoms with Gasteiger partial charge >= 0.3 is 0 Å². The van der Waals surface area contributed by atoms with Gasteiger partial charge < -0.3 is 16.0 Å². The lowest BCUT2D eigenvalue weighted by molar-refractivity contribution is 0.215. The lowest BCUT2D eigenvalue weighted by atomic mass is 10.1. The molecular formula is C9H19N3S. The maximum absolute atomic E-state index is 5.40. The van der Waals surface area contributed by atoms with Crippen LogP contribution in [-0.4, -0.2) is 35.7 Å². The number of hydrogen-bond donors (Lipinski definition) is 2. The number of likely N-dealkylation sites (tertiary alicyclic amines) is 1. The average molecular weight is 201 g/mol. The molecule has 0 aliphatic carbocycles. The van der Waals surface area contributed by atoms with E-state index in [-0.39, 0.29) is 0 Å². The Balaban J connectivity index is 2.18. The van der Waals surface area contributed by atoms with Crippen LogP contribution < -0.4 is 11.1 Å². The molecule has 1 atom stereocenters. The summed E-state index contributed by atoms with van der Waals surface area (Å²) in [4.78, 5) is 2.47.